The Balaban J connectivity index is 2.55. The molecule has 150 valence electrons. The van der Waals surface area contributed by atoms with Crippen LogP contribution in [0.5, 0.6) is 0 Å². The molecule has 11 heteroatoms. The molecule has 1 heterocycles. The first-order chi connectivity index (χ1) is 12.6. The Morgan fingerprint density at radius 1 is 1.44 bits per heavy atom. The molecule has 0 aromatic heterocycles. The van der Waals surface area contributed by atoms with E-state index in [2.05, 4.69) is 9.30 Å². The molecular formula is C16H22ClN3O5S2. The maximum atomic E-state index is 13.0. The first kappa shape index (κ1) is 22.1. The number of aliphatic carboxylic acids is 1. The van der Waals surface area contributed by atoms with Gasteiger partial charge < -0.3 is 10.0 Å². The summed E-state index contributed by atoms with van der Waals surface area (Å²) in [6.07, 6.45) is 0.560. The Bertz CT molecular complexity index is 812. The minimum Gasteiger partial charge on any atom is -0.480 e. The summed E-state index contributed by atoms with van der Waals surface area (Å²) in [6, 6.07) is 5.58. The summed E-state index contributed by atoms with van der Waals surface area (Å²) in [5, 5.41) is 10.3. The van der Waals surface area contributed by atoms with E-state index in [0.29, 0.717) is 37.9 Å². The second kappa shape index (κ2) is 8.44. The molecule has 0 amide bonds. The second-order valence-electron chi connectivity index (χ2n) is 6.59. The van der Waals surface area contributed by atoms with Crippen LogP contribution in [0, 0.1) is 4.91 Å². The van der Waals surface area contributed by atoms with Crippen molar-refractivity contribution in [2.45, 2.75) is 41.4 Å². The zero-order chi connectivity index (χ0) is 20.3. The molecule has 1 aromatic carbocycles. The van der Waals surface area contributed by atoms with Crippen molar-refractivity contribution in [2.75, 3.05) is 20.1 Å². The summed E-state index contributed by atoms with van der Waals surface area (Å²) in [4.78, 5) is 25.4. The first-order valence-electron chi connectivity index (χ1n) is 8.35. The van der Waals surface area contributed by atoms with Crippen LogP contribution >= 0.6 is 23.5 Å². The zero-order valence-corrected chi connectivity index (χ0v) is 17.4. The summed E-state index contributed by atoms with van der Waals surface area (Å²) < 4.78 is 30.0. The number of hydrogen-bond acceptors (Lipinski definition) is 7. The number of nitroso groups, excluding NO2 is 1. The third kappa shape index (κ3) is 4.29. The molecule has 2 N–H and O–H groups in total. The van der Waals surface area contributed by atoms with Crippen LogP contribution < -0.4 is 4.72 Å². The van der Waals surface area contributed by atoms with Crippen LogP contribution in [0.2, 0.25) is 5.02 Å². The van der Waals surface area contributed by atoms with Gasteiger partial charge in [0.15, 0.2) is 0 Å². The highest BCUT2D eigenvalue weighted by atomic mass is 35.5. The van der Waals surface area contributed by atoms with Crippen LogP contribution in [-0.4, -0.2) is 54.8 Å². The van der Waals surface area contributed by atoms with Gasteiger partial charge in [0.1, 0.15) is 5.54 Å². The lowest BCUT2D eigenvalue weighted by Crippen LogP contribution is -2.69. The number of benzene rings is 1. The number of piperidine rings is 1. The van der Waals surface area contributed by atoms with Gasteiger partial charge in [-0.3, -0.25) is 4.79 Å². The number of hydrogen-bond donors (Lipinski definition) is 2. The molecular weight excluding hydrogens is 414 g/mol. The third-order valence-corrected chi connectivity index (χ3v) is 8.00. The molecule has 1 aromatic rings. The minimum absolute atomic E-state index is 0.0473. The number of carboxylic acid groups (broad SMARTS) is 1. The summed E-state index contributed by atoms with van der Waals surface area (Å²) in [7, 11) is -2.32. The summed E-state index contributed by atoms with van der Waals surface area (Å²) in [5.41, 5.74) is -1.89. The van der Waals surface area contributed by atoms with E-state index in [4.69, 9.17) is 11.6 Å². The highest BCUT2D eigenvalue weighted by Crippen LogP contribution is 2.47. The second-order valence-corrected chi connectivity index (χ2v) is 9.82. The largest absolute Gasteiger partial charge is 0.480 e. The lowest BCUT2D eigenvalue weighted by Gasteiger charge is -2.48. The molecule has 1 unspecified atom stereocenters. The number of halogens is 1. The Morgan fingerprint density at radius 3 is 2.56 bits per heavy atom. The van der Waals surface area contributed by atoms with Crippen LogP contribution in [0.1, 0.15) is 26.2 Å². The van der Waals surface area contributed by atoms with Gasteiger partial charge in [-0.05, 0) is 57.6 Å². The SMILES string of the molecule is CCC(NS(=O)(=O)c1cccc(Cl)c1)(C(=O)O)C1(SN=O)CCN(C)CC1. The Labute approximate surface area is 167 Å². The first-order valence-corrected chi connectivity index (χ1v) is 11.0. The van der Waals surface area contributed by atoms with E-state index in [0.717, 1.165) is 0 Å². The van der Waals surface area contributed by atoms with Crippen molar-refractivity contribution in [3.63, 3.8) is 0 Å². The van der Waals surface area contributed by atoms with Gasteiger partial charge in [-0.25, -0.2) is 8.42 Å². The lowest BCUT2D eigenvalue weighted by atomic mass is 9.75. The topological polar surface area (TPSA) is 116 Å². The molecule has 1 atom stereocenters. The van der Waals surface area contributed by atoms with Crippen molar-refractivity contribution in [1.82, 2.24) is 9.62 Å². The zero-order valence-electron chi connectivity index (χ0n) is 15.0. The fourth-order valence-electron chi connectivity index (χ4n) is 3.45. The number of nitrogens with zero attached hydrogens (tertiary/aromatic N) is 2. The van der Waals surface area contributed by atoms with Crippen molar-refractivity contribution in [2.24, 2.45) is 4.58 Å². The van der Waals surface area contributed by atoms with Gasteiger partial charge >= 0.3 is 5.97 Å². The monoisotopic (exact) mass is 435 g/mol. The van der Waals surface area contributed by atoms with E-state index < -0.39 is 26.3 Å². The number of likely N-dealkylation sites (tertiary alicyclic amines) is 1. The van der Waals surface area contributed by atoms with Crippen LogP contribution in [-0.2, 0) is 14.8 Å². The van der Waals surface area contributed by atoms with E-state index in [-0.39, 0.29) is 16.3 Å². The van der Waals surface area contributed by atoms with Crippen LogP contribution in [0.3, 0.4) is 0 Å². The van der Waals surface area contributed by atoms with Crippen LogP contribution in [0.15, 0.2) is 33.7 Å². The van der Waals surface area contributed by atoms with E-state index >= 15 is 0 Å². The number of rotatable bonds is 8. The average molecular weight is 436 g/mol. The van der Waals surface area contributed by atoms with Gasteiger partial charge in [0.25, 0.3) is 0 Å². The molecule has 27 heavy (non-hydrogen) atoms. The van der Waals surface area contributed by atoms with Crippen molar-refractivity contribution in [3.8, 4) is 0 Å². The standard InChI is InChI=1S/C16H22ClN3O5S2/c1-3-16(14(21)22,15(26-19-23)7-9-20(2)10-8-15)18-27(24,25)13-6-4-5-12(17)11-13/h4-6,11,18H,3,7-10H2,1-2H3,(H,21,22). The van der Waals surface area contributed by atoms with Crippen LogP contribution in [0.4, 0.5) is 0 Å². The van der Waals surface area contributed by atoms with Gasteiger partial charge in [0.2, 0.25) is 10.0 Å². The van der Waals surface area contributed by atoms with Gasteiger partial charge in [0, 0.05) is 21.6 Å². The molecule has 0 aliphatic carbocycles. The van der Waals surface area contributed by atoms with Crippen molar-refractivity contribution in [1.29, 1.82) is 0 Å². The van der Waals surface area contributed by atoms with Crippen molar-refractivity contribution < 1.29 is 18.3 Å². The number of carboxylic acids is 1. The van der Waals surface area contributed by atoms with Crippen LogP contribution in [0.25, 0.3) is 0 Å². The predicted molar refractivity (Wildman–Crippen MR) is 105 cm³/mol. The molecule has 1 saturated heterocycles. The molecule has 1 aliphatic rings. The fraction of sp³-hybridized carbons (Fsp3) is 0.562. The maximum Gasteiger partial charge on any atom is 0.326 e. The summed E-state index contributed by atoms with van der Waals surface area (Å²) >= 11 is 6.50. The van der Waals surface area contributed by atoms with Gasteiger partial charge in [-0.1, -0.05) is 24.6 Å². The molecule has 0 radical (unpaired) electrons. The predicted octanol–water partition coefficient (Wildman–Crippen LogP) is 2.73. The normalized spacial score (nSPS) is 20.0. The van der Waals surface area contributed by atoms with Crippen molar-refractivity contribution >= 4 is 39.5 Å². The lowest BCUT2D eigenvalue weighted by molar-refractivity contribution is -0.146. The van der Waals surface area contributed by atoms with Crippen molar-refractivity contribution in [3.05, 3.63) is 34.2 Å². The Hall–Kier alpha value is -1.20. The smallest absolute Gasteiger partial charge is 0.326 e. The number of carbonyl (C=O) groups is 1. The van der Waals surface area contributed by atoms with Gasteiger partial charge in [-0.2, -0.15) is 4.72 Å². The summed E-state index contributed by atoms with van der Waals surface area (Å²) in [5.74, 6) is -1.34. The van der Waals surface area contributed by atoms with E-state index in [1.54, 1.807) is 6.92 Å². The fourth-order valence-corrected chi connectivity index (χ4v) is 6.26. The maximum absolute atomic E-state index is 13.0. The Morgan fingerprint density at radius 2 is 2.07 bits per heavy atom. The molecule has 0 saturated carbocycles. The average Bonchev–Trinajstić information content (AvgIpc) is 2.62. The highest BCUT2D eigenvalue weighted by Gasteiger charge is 2.59. The molecule has 1 aliphatic heterocycles. The minimum atomic E-state index is -4.20. The number of sulfonamides is 1. The number of nitrogens with one attached hydrogen (secondary N) is 1. The van der Waals surface area contributed by atoms with E-state index in [1.165, 1.54) is 24.3 Å². The molecule has 0 bridgehead atoms. The van der Waals surface area contributed by atoms with Gasteiger partial charge in [0.05, 0.1) is 9.64 Å². The molecule has 8 nitrogen and oxygen atoms in total. The molecule has 2 rings (SSSR count). The van der Waals surface area contributed by atoms with Gasteiger partial charge in [-0.15, -0.1) is 4.91 Å². The quantitative estimate of drug-likeness (QED) is 0.476. The van der Waals surface area contributed by atoms with E-state index in [1.807, 2.05) is 11.9 Å². The third-order valence-electron chi connectivity index (χ3n) is 5.09. The Kier molecular flexibility index (Phi) is 6.91. The molecule has 0 spiro atoms. The summed E-state index contributed by atoms with van der Waals surface area (Å²) in [6.45, 7) is 2.63. The molecule has 1 fully saturated rings. The highest BCUT2D eigenvalue weighted by molar-refractivity contribution is 7.99. The van der Waals surface area contributed by atoms with E-state index in [9.17, 15) is 23.2 Å².